The van der Waals surface area contributed by atoms with E-state index < -0.39 is 11.9 Å². The maximum Gasteiger partial charge on any atom is 0.320 e. The van der Waals surface area contributed by atoms with Crippen molar-refractivity contribution >= 4 is 12.0 Å². The molecule has 1 fully saturated rings. The molecule has 1 aromatic rings. The minimum atomic E-state index is -0.816. The molecule has 114 valence electrons. The number of likely N-dealkylation sites (tertiary alicyclic amines) is 1. The number of urea groups is 1. The number of aliphatic carboxylic acids is 1. The van der Waals surface area contributed by atoms with Gasteiger partial charge in [0.05, 0.1) is 5.92 Å². The number of hydrogen-bond acceptors (Lipinski definition) is 2. The van der Waals surface area contributed by atoms with Crippen LogP contribution in [0.5, 0.6) is 0 Å². The van der Waals surface area contributed by atoms with Crippen LogP contribution in [0, 0.1) is 11.8 Å². The maximum absolute atomic E-state index is 12.6. The molecule has 5 heteroatoms. The molecule has 2 rings (SSSR count). The lowest BCUT2D eigenvalue weighted by molar-refractivity contribution is -0.142. The first-order chi connectivity index (χ1) is 10.0. The molecule has 0 radical (unpaired) electrons. The van der Waals surface area contributed by atoms with Gasteiger partial charge in [-0.05, 0) is 18.4 Å². The van der Waals surface area contributed by atoms with Crippen LogP contribution in [0.15, 0.2) is 30.3 Å². The third-order valence-electron chi connectivity index (χ3n) is 4.07. The molecular weight excluding hydrogens is 268 g/mol. The van der Waals surface area contributed by atoms with Gasteiger partial charge in [-0.2, -0.15) is 0 Å². The van der Waals surface area contributed by atoms with Crippen LogP contribution >= 0.6 is 0 Å². The fraction of sp³-hybridized carbons (Fsp3) is 0.500. The summed E-state index contributed by atoms with van der Waals surface area (Å²) < 4.78 is 0. The number of carbonyl (C=O) groups excluding carboxylic acids is 1. The zero-order valence-corrected chi connectivity index (χ0v) is 12.5. The summed E-state index contributed by atoms with van der Waals surface area (Å²) in [6.45, 7) is 5.81. The maximum atomic E-state index is 12.6. The summed E-state index contributed by atoms with van der Waals surface area (Å²) in [6.07, 6.45) is 0. The normalized spacial score (nSPS) is 21.3. The fourth-order valence-electron chi connectivity index (χ4n) is 2.76. The van der Waals surface area contributed by atoms with Crippen molar-refractivity contribution in [1.29, 1.82) is 0 Å². The summed E-state index contributed by atoms with van der Waals surface area (Å²) in [5.74, 6) is -1.27. The molecule has 5 nitrogen and oxygen atoms in total. The number of carboxylic acids is 1. The molecular formula is C16H22N2O3. The van der Waals surface area contributed by atoms with Gasteiger partial charge in [-0.25, -0.2) is 4.79 Å². The topological polar surface area (TPSA) is 60.9 Å². The predicted octanol–water partition coefficient (Wildman–Crippen LogP) is 2.28. The summed E-state index contributed by atoms with van der Waals surface area (Å²) in [7, 11) is 0. The van der Waals surface area contributed by atoms with Crippen molar-refractivity contribution in [2.24, 2.45) is 11.8 Å². The minimum Gasteiger partial charge on any atom is -0.481 e. The first kappa shape index (κ1) is 15.4. The number of amides is 2. The Kier molecular flexibility index (Phi) is 4.83. The monoisotopic (exact) mass is 290 g/mol. The Morgan fingerprint density at radius 1 is 1.29 bits per heavy atom. The molecule has 2 unspecified atom stereocenters. The highest BCUT2D eigenvalue weighted by atomic mass is 16.4. The highest BCUT2D eigenvalue weighted by Crippen LogP contribution is 2.24. The van der Waals surface area contributed by atoms with E-state index in [-0.39, 0.29) is 11.9 Å². The van der Waals surface area contributed by atoms with Crippen molar-refractivity contribution in [2.75, 3.05) is 19.6 Å². The molecule has 2 atom stereocenters. The number of carboxylic acid groups (broad SMARTS) is 1. The van der Waals surface area contributed by atoms with Crippen LogP contribution < -0.4 is 0 Å². The van der Waals surface area contributed by atoms with E-state index in [0.717, 1.165) is 5.56 Å². The van der Waals surface area contributed by atoms with Crippen LogP contribution in [0.2, 0.25) is 0 Å². The van der Waals surface area contributed by atoms with Crippen molar-refractivity contribution in [3.8, 4) is 0 Å². The van der Waals surface area contributed by atoms with Gasteiger partial charge in [0, 0.05) is 26.2 Å². The van der Waals surface area contributed by atoms with Crippen LogP contribution in [-0.2, 0) is 11.3 Å². The van der Waals surface area contributed by atoms with Gasteiger partial charge in [-0.3, -0.25) is 4.79 Å². The Balaban J connectivity index is 2.02. The summed E-state index contributed by atoms with van der Waals surface area (Å²) >= 11 is 0. The van der Waals surface area contributed by atoms with Gasteiger partial charge in [0.2, 0.25) is 0 Å². The van der Waals surface area contributed by atoms with Gasteiger partial charge < -0.3 is 14.9 Å². The molecule has 0 bridgehead atoms. The summed E-state index contributed by atoms with van der Waals surface area (Å²) in [4.78, 5) is 27.1. The van der Waals surface area contributed by atoms with Crippen molar-refractivity contribution in [1.82, 2.24) is 9.80 Å². The molecule has 0 spiro atoms. The van der Waals surface area contributed by atoms with E-state index in [1.54, 1.807) is 9.80 Å². The van der Waals surface area contributed by atoms with E-state index >= 15 is 0 Å². The van der Waals surface area contributed by atoms with E-state index in [0.29, 0.717) is 26.2 Å². The smallest absolute Gasteiger partial charge is 0.320 e. The van der Waals surface area contributed by atoms with E-state index in [1.807, 2.05) is 44.2 Å². The third kappa shape index (κ3) is 3.54. The Morgan fingerprint density at radius 2 is 1.95 bits per heavy atom. The van der Waals surface area contributed by atoms with Crippen LogP contribution in [0.4, 0.5) is 4.79 Å². The Hall–Kier alpha value is -2.04. The van der Waals surface area contributed by atoms with Gasteiger partial charge >= 0.3 is 12.0 Å². The second-order valence-electron chi connectivity index (χ2n) is 5.61. The highest BCUT2D eigenvalue weighted by molar-refractivity contribution is 5.77. The van der Waals surface area contributed by atoms with Crippen LogP contribution in [-0.4, -0.2) is 46.5 Å². The zero-order valence-electron chi connectivity index (χ0n) is 12.5. The van der Waals surface area contributed by atoms with Crippen LogP contribution in [0.1, 0.15) is 19.4 Å². The minimum absolute atomic E-state index is 0.00174. The molecule has 1 saturated heterocycles. The molecule has 2 amide bonds. The summed E-state index contributed by atoms with van der Waals surface area (Å²) in [6, 6.07) is 9.75. The standard InChI is InChI=1S/C16H22N2O3/c1-3-17(10-13-7-5-4-6-8-13)16(21)18-9-12(2)14(11-18)15(19)20/h4-8,12,14H,3,9-11H2,1-2H3,(H,19,20). The molecule has 0 aromatic heterocycles. The Labute approximate surface area is 125 Å². The molecule has 1 aliphatic heterocycles. The lowest BCUT2D eigenvalue weighted by Crippen LogP contribution is -2.42. The van der Waals surface area contributed by atoms with Gasteiger partial charge in [0.25, 0.3) is 0 Å². The molecule has 0 aliphatic carbocycles. The van der Waals surface area contributed by atoms with Gasteiger partial charge in [-0.1, -0.05) is 37.3 Å². The van der Waals surface area contributed by atoms with Crippen LogP contribution in [0.3, 0.4) is 0 Å². The van der Waals surface area contributed by atoms with Crippen molar-refractivity contribution in [3.63, 3.8) is 0 Å². The van der Waals surface area contributed by atoms with Crippen molar-refractivity contribution in [2.45, 2.75) is 20.4 Å². The van der Waals surface area contributed by atoms with Crippen LogP contribution in [0.25, 0.3) is 0 Å². The zero-order chi connectivity index (χ0) is 15.4. The molecule has 1 aromatic carbocycles. The molecule has 1 heterocycles. The predicted molar refractivity (Wildman–Crippen MR) is 79.8 cm³/mol. The lowest BCUT2D eigenvalue weighted by atomic mass is 9.99. The molecule has 1 aliphatic rings. The largest absolute Gasteiger partial charge is 0.481 e. The Bertz CT molecular complexity index is 504. The lowest BCUT2D eigenvalue weighted by Gasteiger charge is -2.27. The van der Waals surface area contributed by atoms with Gasteiger partial charge in [0.15, 0.2) is 0 Å². The number of carbonyl (C=O) groups is 2. The quantitative estimate of drug-likeness (QED) is 0.925. The SMILES string of the molecule is CCN(Cc1ccccc1)C(=O)N1CC(C)C(C(=O)O)C1. The number of benzene rings is 1. The first-order valence-electron chi connectivity index (χ1n) is 7.33. The second kappa shape index (κ2) is 6.61. The molecule has 1 N–H and O–H groups in total. The molecule has 21 heavy (non-hydrogen) atoms. The van der Waals surface area contributed by atoms with Crippen molar-refractivity contribution < 1.29 is 14.7 Å². The first-order valence-corrected chi connectivity index (χ1v) is 7.33. The second-order valence-corrected chi connectivity index (χ2v) is 5.61. The number of hydrogen-bond donors (Lipinski definition) is 1. The Morgan fingerprint density at radius 3 is 2.48 bits per heavy atom. The fourth-order valence-corrected chi connectivity index (χ4v) is 2.76. The van der Waals surface area contributed by atoms with Crippen molar-refractivity contribution in [3.05, 3.63) is 35.9 Å². The average molecular weight is 290 g/mol. The van der Waals surface area contributed by atoms with Gasteiger partial charge in [0.1, 0.15) is 0 Å². The molecule has 0 saturated carbocycles. The average Bonchev–Trinajstić information content (AvgIpc) is 2.87. The van der Waals surface area contributed by atoms with Gasteiger partial charge in [-0.15, -0.1) is 0 Å². The van der Waals surface area contributed by atoms with E-state index in [2.05, 4.69) is 0 Å². The van der Waals surface area contributed by atoms with E-state index in [9.17, 15) is 9.59 Å². The highest BCUT2D eigenvalue weighted by Gasteiger charge is 2.38. The number of rotatable bonds is 4. The van der Waals surface area contributed by atoms with E-state index in [1.165, 1.54) is 0 Å². The summed E-state index contributed by atoms with van der Waals surface area (Å²) in [5, 5.41) is 9.16. The van der Waals surface area contributed by atoms with E-state index in [4.69, 9.17) is 5.11 Å². The number of nitrogens with zero attached hydrogens (tertiary/aromatic N) is 2. The third-order valence-corrected chi connectivity index (χ3v) is 4.07. The summed E-state index contributed by atoms with van der Waals surface area (Å²) in [5.41, 5.74) is 1.08.